The lowest BCUT2D eigenvalue weighted by Gasteiger charge is -2.01. The van der Waals surface area contributed by atoms with Gasteiger partial charge in [0.05, 0.1) is 0 Å². The third-order valence-electron chi connectivity index (χ3n) is 2.08. The summed E-state index contributed by atoms with van der Waals surface area (Å²) in [7, 11) is 0. The van der Waals surface area contributed by atoms with Gasteiger partial charge in [0.15, 0.2) is 0 Å². The summed E-state index contributed by atoms with van der Waals surface area (Å²) in [6.45, 7) is 6.33. The van der Waals surface area contributed by atoms with E-state index in [-0.39, 0.29) is 0 Å². The van der Waals surface area contributed by atoms with Crippen molar-refractivity contribution >= 4 is 6.08 Å². The number of pyridine rings is 1. The summed E-state index contributed by atoms with van der Waals surface area (Å²) in [6.07, 6.45) is 6.39. The topological polar surface area (TPSA) is 12.9 Å². The lowest BCUT2D eigenvalue weighted by molar-refractivity contribution is 1.00. The Labute approximate surface area is 80.5 Å². The van der Waals surface area contributed by atoms with E-state index in [4.69, 9.17) is 0 Å². The maximum atomic E-state index is 4.49. The molecule has 0 saturated heterocycles. The Morgan fingerprint density at radius 3 is 2.62 bits per heavy atom. The molecule has 70 valence electrons. The third-order valence-corrected chi connectivity index (χ3v) is 2.08. The van der Waals surface area contributed by atoms with Gasteiger partial charge in [-0.1, -0.05) is 32.1 Å². The Morgan fingerprint density at radius 2 is 2.08 bits per heavy atom. The predicted molar refractivity (Wildman–Crippen MR) is 57.7 cm³/mol. The number of hydrogen-bond acceptors (Lipinski definition) is 1. The van der Waals surface area contributed by atoms with Gasteiger partial charge in [0.1, 0.15) is 0 Å². The Hall–Kier alpha value is -1.11. The largest absolute Gasteiger partial charge is 0.258 e. The van der Waals surface area contributed by atoms with Crippen LogP contribution in [0.15, 0.2) is 18.2 Å². The quantitative estimate of drug-likeness (QED) is 0.686. The zero-order valence-corrected chi connectivity index (χ0v) is 8.67. The molecule has 0 unspecified atom stereocenters. The summed E-state index contributed by atoms with van der Waals surface area (Å²) in [5, 5.41) is 0. The van der Waals surface area contributed by atoms with Gasteiger partial charge in [-0.3, -0.25) is 4.98 Å². The highest BCUT2D eigenvalue weighted by Crippen LogP contribution is 2.09. The van der Waals surface area contributed by atoms with E-state index in [9.17, 15) is 0 Å². The van der Waals surface area contributed by atoms with Crippen LogP contribution in [0.3, 0.4) is 0 Å². The molecule has 1 heteroatoms. The van der Waals surface area contributed by atoms with Crippen molar-refractivity contribution in [2.24, 2.45) is 0 Å². The number of nitrogens with zero attached hydrogens (tertiary/aromatic N) is 1. The van der Waals surface area contributed by atoms with Gasteiger partial charge in [-0.2, -0.15) is 0 Å². The van der Waals surface area contributed by atoms with Gasteiger partial charge in [-0.25, -0.2) is 0 Å². The van der Waals surface area contributed by atoms with E-state index >= 15 is 0 Å². The van der Waals surface area contributed by atoms with Crippen LogP contribution in [0.4, 0.5) is 0 Å². The minimum atomic E-state index is 1.01. The molecule has 13 heavy (non-hydrogen) atoms. The van der Waals surface area contributed by atoms with Gasteiger partial charge in [0.2, 0.25) is 0 Å². The number of rotatable bonds is 3. The number of aromatic nitrogens is 1. The molecule has 1 aromatic heterocycles. The second kappa shape index (κ2) is 4.80. The van der Waals surface area contributed by atoms with Crippen LogP contribution in [-0.2, 0) is 6.42 Å². The van der Waals surface area contributed by atoms with E-state index in [1.165, 1.54) is 11.3 Å². The number of aryl methyl sites for hydroxylation is 2. The van der Waals surface area contributed by atoms with Crippen molar-refractivity contribution in [2.45, 2.75) is 33.6 Å². The van der Waals surface area contributed by atoms with Crippen LogP contribution in [0.5, 0.6) is 0 Å². The molecule has 0 aliphatic rings. The fourth-order valence-corrected chi connectivity index (χ4v) is 1.24. The molecule has 0 aliphatic carbocycles. The van der Waals surface area contributed by atoms with Crippen molar-refractivity contribution in [3.8, 4) is 0 Å². The highest BCUT2D eigenvalue weighted by molar-refractivity contribution is 5.51. The zero-order valence-electron chi connectivity index (χ0n) is 8.67. The van der Waals surface area contributed by atoms with Crippen molar-refractivity contribution < 1.29 is 0 Å². The van der Waals surface area contributed by atoms with E-state index in [0.717, 1.165) is 18.5 Å². The van der Waals surface area contributed by atoms with Crippen LogP contribution in [0, 0.1) is 6.92 Å². The highest BCUT2D eigenvalue weighted by Gasteiger charge is 1.96. The average Bonchev–Trinajstić information content (AvgIpc) is 2.16. The van der Waals surface area contributed by atoms with E-state index in [0.29, 0.717) is 0 Å². The lowest BCUT2D eigenvalue weighted by atomic mass is 10.1. The fourth-order valence-electron chi connectivity index (χ4n) is 1.24. The molecule has 0 saturated carbocycles. The van der Waals surface area contributed by atoms with E-state index < -0.39 is 0 Å². The standard InChI is InChI=1S/C12H17N/c1-4-6-7-11-8-9-12(5-2)13-10(11)3/h6-9H,4-5H2,1-3H3/b7-6-. The van der Waals surface area contributed by atoms with Crippen LogP contribution in [0.25, 0.3) is 6.08 Å². The maximum absolute atomic E-state index is 4.49. The third kappa shape index (κ3) is 2.69. The van der Waals surface area contributed by atoms with Gasteiger partial charge < -0.3 is 0 Å². The first-order chi connectivity index (χ1) is 6.27. The molecule has 0 aliphatic heterocycles. The van der Waals surface area contributed by atoms with Crippen molar-refractivity contribution in [1.82, 2.24) is 4.98 Å². The molecule has 1 nitrogen and oxygen atoms in total. The molecule has 1 aromatic rings. The Morgan fingerprint density at radius 1 is 1.31 bits per heavy atom. The summed E-state index contributed by atoms with van der Waals surface area (Å²) in [5.41, 5.74) is 3.54. The Kier molecular flexibility index (Phi) is 3.69. The maximum Gasteiger partial charge on any atom is 0.0448 e. The van der Waals surface area contributed by atoms with Crippen LogP contribution < -0.4 is 0 Å². The second-order valence-corrected chi connectivity index (χ2v) is 3.14. The molecule has 1 heterocycles. The molecule has 0 atom stereocenters. The normalized spacial score (nSPS) is 11.0. The zero-order chi connectivity index (χ0) is 9.68. The first-order valence-corrected chi connectivity index (χ1v) is 4.91. The van der Waals surface area contributed by atoms with Gasteiger partial charge >= 0.3 is 0 Å². The Balaban J connectivity index is 2.91. The fraction of sp³-hybridized carbons (Fsp3) is 0.417. The SMILES string of the molecule is CC/C=C\c1ccc(CC)nc1C. The lowest BCUT2D eigenvalue weighted by Crippen LogP contribution is -1.92. The molecule has 0 amide bonds. The molecule has 1 rings (SSSR count). The number of hydrogen-bond donors (Lipinski definition) is 0. The summed E-state index contributed by atoms with van der Waals surface area (Å²) >= 11 is 0. The Bertz CT molecular complexity index is 300. The molecule has 0 aromatic carbocycles. The minimum absolute atomic E-state index is 1.01. The van der Waals surface area contributed by atoms with E-state index in [1.807, 2.05) is 0 Å². The van der Waals surface area contributed by atoms with Crippen molar-refractivity contribution in [3.63, 3.8) is 0 Å². The number of allylic oxidation sites excluding steroid dienone is 1. The molecule has 0 fully saturated rings. The van der Waals surface area contributed by atoms with Crippen molar-refractivity contribution in [3.05, 3.63) is 35.2 Å². The first-order valence-electron chi connectivity index (χ1n) is 4.91. The van der Waals surface area contributed by atoms with Gasteiger partial charge in [0, 0.05) is 11.4 Å². The van der Waals surface area contributed by atoms with E-state index in [2.05, 4.69) is 50.0 Å². The van der Waals surface area contributed by atoms with Gasteiger partial charge in [-0.15, -0.1) is 0 Å². The molecule has 0 spiro atoms. The van der Waals surface area contributed by atoms with Crippen LogP contribution in [0.2, 0.25) is 0 Å². The van der Waals surface area contributed by atoms with Crippen molar-refractivity contribution in [1.29, 1.82) is 0 Å². The second-order valence-electron chi connectivity index (χ2n) is 3.14. The molecular formula is C12H17N. The van der Waals surface area contributed by atoms with Gasteiger partial charge in [0.25, 0.3) is 0 Å². The molecule has 0 bridgehead atoms. The first kappa shape index (κ1) is 9.97. The highest BCUT2D eigenvalue weighted by atomic mass is 14.7. The van der Waals surface area contributed by atoms with Crippen LogP contribution >= 0.6 is 0 Å². The van der Waals surface area contributed by atoms with Crippen LogP contribution in [-0.4, -0.2) is 4.98 Å². The summed E-state index contributed by atoms with van der Waals surface area (Å²) in [4.78, 5) is 4.49. The monoisotopic (exact) mass is 175 g/mol. The summed E-state index contributed by atoms with van der Waals surface area (Å²) in [6, 6.07) is 4.25. The summed E-state index contributed by atoms with van der Waals surface area (Å²) < 4.78 is 0. The predicted octanol–water partition coefficient (Wildman–Crippen LogP) is 3.38. The average molecular weight is 175 g/mol. The molecular weight excluding hydrogens is 158 g/mol. The minimum Gasteiger partial charge on any atom is -0.258 e. The van der Waals surface area contributed by atoms with Crippen LogP contribution in [0.1, 0.15) is 37.2 Å². The van der Waals surface area contributed by atoms with Crippen molar-refractivity contribution in [2.75, 3.05) is 0 Å². The van der Waals surface area contributed by atoms with Gasteiger partial charge in [-0.05, 0) is 31.4 Å². The molecule has 0 N–H and O–H groups in total. The smallest absolute Gasteiger partial charge is 0.0448 e. The van der Waals surface area contributed by atoms with E-state index in [1.54, 1.807) is 0 Å². The molecule has 0 radical (unpaired) electrons. The summed E-state index contributed by atoms with van der Waals surface area (Å²) in [5.74, 6) is 0.